The first-order chi connectivity index (χ1) is 13.6. The standard InChI is InChI=1S/C21H18N2O3S2/c1-13-20(24)23-17-11-14(8-9-18(17)26-13)22-21(25)16-6-2-3-7-19(16)28-12-15-5-4-10-27-15/h2-11,13H,12H2,1H3,(H,22,25)(H,23,24)/t13-/m1/s1. The number of anilines is 2. The smallest absolute Gasteiger partial charge is 0.265 e. The van der Waals surface area contributed by atoms with Crippen molar-refractivity contribution in [2.45, 2.75) is 23.7 Å². The van der Waals surface area contributed by atoms with E-state index < -0.39 is 6.10 Å². The number of fused-ring (bicyclic) bond motifs is 1. The number of carbonyl (C=O) groups excluding carboxylic acids is 2. The number of nitrogens with one attached hydrogen (secondary N) is 2. The van der Waals surface area contributed by atoms with Crippen molar-refractivity contribution in [3.63, 3.8) is 0 Å². The van der Waals surface area contributed by atoms with E-state index in [-0.39, 0.29) is 11.8 Å². The van der Waals surface area contributed by atoms with E-state index >= 15 is 0 Å². The summed E-state index contributed by atoms with van der Waals surface area (Å²) in [5.74, 6) is 1.02. The van der Waals surface area contributed by atoms with Crippen LogP contribution in [0.3, 0.4) is 0 Å². The summed E-state index contributed by atoms with van der Waals surface area (Å²) in [6, 6.07) is 16.9. The van der Waals surface area contributed by atoms with Gasteiger partial charge in [-0.2, -0.15) is 0 Å². The Labute approximate surface area is 171 Å². The van der Waals surface area contributed by atoms with Crippen molar-refractivity contribution in [1.29, 1.82) is 0 Å². The van der Waals surface area contributed by atoms with Gasteiger partial charge in [-0.15, -0.1) is 23.1 Å². The fourth-order valence-corrected chi connectivity index (χ4v) is 4.63. The van der Waals surface area contributed by atoms with Crippen molar-refractivity contribution >= 4 is 46.3 Å². The van der Waals surface area contributed by atoms with Crippen LogP contribution in [-0.2, 0) is 10.5 Å². The maximum Gasteiger partial charge on any atom is 0.265 e. The zero-order chi connectivity index (χ0) is 19.5. The molecule has 2 aromatic carbocycles. The van der Waals surface area contributed by atoms with E-state index in [0.29, 0.717) is 22.7 Å². The molecule has 1 aromatic heterocycles. The Morgan fingerprint density at radius 1 is 1.21 bits per heavy atom. The molecule has 4 rings (SSSR count). The predicted molar refractivity (Wildman–Crippen MR) is 113 cm³/mol. The van der Waals surface area contributed by atoms with Gasteiger partial charge in [0, 0.05) is 21.2 Å². The van der Waals surface area contributed by atoms with E-state index in [0.717, 1.165) is 10.6 Å². The molecule has 0 saturated heterocycles. The molecule has 28 heavy (non-hydrogen) atoms. The summed E-state index contributed by atoms with van der Waals surface area (Å²) in [5.41, 5.74) is 1.78. The number of hydrogen-bond acceptors (Lipinski definition) is 5. The lowest BCUT2D eigenvalue weighted by atomic mass is 10.2. The second-order valence-electron chi connectivity index (χ2n) is 6.28. The molecule has 2 N–H and O–H groups in total. The number of thioether (sulfide) groups is 1. The molecule has 7 heteroatoms. The van der Waals surface area contributed by atoms with Crippen LogP contribution in [0.5, 0.6) is 5.75 Å². The third kappa shape index (κ3) is 4.05. The van der Waals surface area contributed by atoms with Gasteiger partial charge in [0.05, 0.1) is 11.3 Å². The van der Waals surface area contributed by atoms with Crippen LogP contribution in [0.15, 0.2) is 64.9 Å². The maximum atomic E-state index is 12.8. The summed E-state index contributed by atoms with van der Waals surface area (Å²) in [5, 5.41) is 7.75. The number of ether oxygens (including phenoxy) is 1. The fourth-order valence-electron chi connectivity index (χ4n) is 2.81. The van der Waals surface area contributed by atoms with Gasteiger partial charge in [-0.05, 0) is 48.7 Å². The van der Waals surface area contributed by atoms with Crippen molar-refractivity contribution < 1.29 is 14.3 Å². The molecular formula is C21H18N2O3S2. The molecule has 1 aliphatic rings. The van der Waals surface area contributed by atoms with E-state index in [9.17, 15) is 9.59 Å². The topological polar surface area (TPSA) is 67.4 Å². The van der Waals surface area contributed by atoms with Crippen LogP contribution in [0.2, 0.25) is 0 Å². The largest absolute Gasteiger partial charge is 0.479 e. The van der Waals surface area contributed by atoms with Crippen LogP contribution in [0.1, 0.15) is 22.2 Å². The Hall–Kier alpha value is -2.77. The predicted octanol–water partition coefficient (Wildman–Crippen LogP) is 5.01. The van der Waals surface area contributed by atoms with E-state index in [4.69, 9.17) is 4.74 Å². The van der Waals surface area contributed by atoms with Gasteiger partial charge < -0.3 is 15.4 Å². The molecule has 0 radical (unpaired) electrons. The number of benzene rings is 2. The number of rotatable bonds is 5. The average Bonchev–Trinajstić information content (AvgIpc) is 3.21. The monoisotopic (exact) mass is 410 g/mol. The van der Waals surface area contributed by atoms with E-state index in [2.05, 4.69) is 16.7 Å². The van der Waals surface area contributed by atoms with Gasteiger partial charge in [0.15, 0.2) is 6.10 Å². The lowest BCUT2D eigenvalue weighted by molar-refractivity contribution is -0.122. The molecule has 3 aromatic rings. The van der Waals surface area contributed by atoms with Gasteiger partial charge in [-0.1, -0.05) is 18.2 Å². The molecule has 0 spiro atoms. The molecule has 2 amide bonds. The number of carbonyl (C=O) groups is 2. The van der Waals surface area contributed by atoms with Crippen LogP contribution < -0.4 is 15.4 Å². The first-order valence-electron chi connectivity index (χ1n) is 8.77. The SMILES string of the molecule is C[C@H]1Oc2ccc(NC(=O)c3ccccc3SCc3cccs3)cc2NC1=O. The van der Waals surface area contributed by atoms with Crippen LogP contribution >= 0.6 is 23.1 Å². The lowest BCUT2D eigenvalue weighted by Gasteiger charge is -2.23. The number of thiophene rings is 1. The van der Waals surface area contributed by atoms with Crippen molar-refractivity contribution in [2.24, 2.45) is 0 Å². The van der Waals surface area contributed by atoms with Crippen LogP contribution in [0, 0.1) is 0 Å². The Bertz CT molecular complexity index is 1020. The third-order valence-corrected chi connectivity index (χ3v) is 6.43. The Balaban J connectivity index is 1.50. The minimum absolute atomic E-state index is 0.189. The summed E-state index contributed by atoms with van der Waals surface area (Å²) < 4.78 is 5.55. The van der Waals surface area contributed by atoms with Crippen LogP contribution in [0.4, 0.5) is 11.4 Å². The van der Waals surface area contributed by atoms with Gasteiger partial charge in [0.1, 0.15) is 5.75 Å². The molecular weight excluding hydrogens is 392 g/mol. The molecule has 5 nitrogen and oxygen atoms in total. The Kier molecular flexibility index (Phi) is 5.36. The second kappa shape index (κ2) is 8.08. The zero-order valence-corrected chi connectivity index (χ0v) is 16.7. The van der Waals surface area contributed by atoms with E-state index in [1.54, 1.807) is 48.2 Å². The highest BCUT2D eigenvalue weighted by molar-refractivity contribution is 7.98. The maximum absolute atomic E-state index is 12.8. The highest BCUT2D eigenvalue weighted by Crippen LogP contribution is 2.33. The highest BCUT2D eigenvalue weighted by atomic mass is 32.2. The zero-order valence-electron chi connectivity index (χ0n) is 15.1. The van der Waals surface area contributed by atoms with Gasteiger partial charge in [0.2, 0.25) is 0 Å². The van der Waals surface area contributed by atoms with E-state index in [1.165, 1.54) is 4.88 Å². The summed E-state index contributed by atoms with van der Waals surface area (Å²) in [7, 11) is 0. The van der Waals surface area contributed by atoms with Crippen LogP contribution in [0.25, 0.3) is 0 Å². The molecule has 2 heterocycles. The summed E-state index contributed by atoms with van der Waals surface area (Å²) in [4.78, 5) is 26.8. The summed E-state index contributed by atoms with van der Waals surface area (Å²) >= 11 is 3.34. The van der Waals surface area contributed by atoms with Crippen molar-refractivity contribution in [3.05, 3.63) is 70.4 Å². The first kappa shape index (κ1) is 18.6. The molecule has 1 aliphatic heterocycles. The van der Waals surface area contributed by atoms with Gasteiger partial charge >= 0.3 is 0 Å². The molecule has 0 aliphatic carbocycles. The van der Waals surface area contributed by atoms with Gasteiger partial charge in [0.25, 0.3) is 11.8 Å². The molecule has 1 atom stereocenters. The fraction of sp³-hybridized carbons (Fsp3) is 0.143. The van der Waals surface area contributed by atoms with Crippen molar-refractivity contribution in [2.75, 3.05) is 10.6 Å². The molecule has 0 fully saturated rings. The van der Waals surface area contributed by atoms with Crippen LogP contribution in [-0.4, -0.2) is 17.9 Å². The van der Waals surface area contributed by atoms with Gasteiger partial charge in [-0.3, -0.25) is 9.59 Å². The molecule has 142 valence electrons. The minimum atomic E-state index is -0.528. The number of hydrogen-bond donors (Lipinski definition) is 2. The number of amides is 2. The molecule has 0 bridgehead atoms. The Morgan fingerprint density at radius 2 is 2.07 bits per heavy atom. The molecule has 0 unspecified atom stereocenters. The quantitative estimate of drug-likeness (QED) is 0.580. The summed E-state index contributed by atoms with van der Waals surface area (Å²) in [6.45, 7) is 1.69. The normalized spacial score (nSPS) is 15.3. The highest BCUT2D eigenvalue weighted by Gasteiger charge is 2.23. The lowest BCUT2D eigenvalue weighted by Crippen LogP contribution is -2.34. The van der Waals surface area contributed by atoms with Gasteiger partial charge in [-0.25, -0.2) is 0 Å². The summed E-state index contributed by atoms with van der Waals surface area (Å²) in [6.07, 6.45) is -0.528. The minimum Gasteiger partial charge on any atom is -0.479 e. The third-order valence-electron chi connectivity index (χ3n) is 4.25. The second-order valence-corrected chi connectivity index (χ2v) is 8.33. The Morgan fingerprint density at radius 3 is 2.89 bits per heavy atom. The van der Waals surface area contributed by atoms with E-state index in [1.807, 2.05) is 35.7 Å². The first-order valence-corrected chi connectivity index (χ1v) is 10.6. The van der Waals surface area contributed by atoms with Crippen molar-refractivity contribution in [1.82, 2.24) is 0 Å². The van der Waals surface area contributed by atoms with Crippen molar-refractivity contribution in [3.8, 4) is 5.75 Å². The average molecular weight is 411 g/mol. The molecule has 0 saturated carbocycles.